The number of carbonyl (C=O) groups is 2. The lowest BCUT2D eigenvalue weighted by Gasteiger charge is -2.49. The molecule has 6 heteroatoms. The van der Waals surface area contributed by atoms with Crippen molar-refractivity contribution >= 4 is 11.9 Å². The average molecular weight is 389 g/mol. The number of carbonyl (C=O) groups excluding carboxylic acids is 2. The highest BCUT2D eigenvalue weighted by Gasteiger charge is 2.45. The zero-order valence-electron chi connectivity index (χ0n) is 17.9. The Morgan fingerprint density at radius 3 is 2.50 bits per heavy atom. The number of benzene rings is 1. The molecular weight excluding hydrogens is 358 g/mol. The van der Waals surface area contributed by atoms with Crippen LogP contribution in [0.4, 0.5) is 0 Å². The Bertz CT molecular complexity index is 791. The van der Waals surface area contributed by atoms with Gasteiger partial charge < -0.3 is 19.1 Å². The van der Waals surface area contributed by atoms with Crippen LogP contribution in [0.25, 0.3) is 0 Å². The topological polar surface area (TPSA) is 65.1 Å². The van der Waals surface area contributed by atoms with Gasteiger partial charge in [0.2, 0.25) is 11.7 Å². The van der Waals surface area contributed by atoms with E-state index in [0.717, 1.165) is 16.9 Å². The largest absolute Gasteiger partial charge is 0.463 e. The Morgan fingerprint density at radius 2 is 1.93 bits per heavy atom. The van der Waals surface area contributed by atoms with Crippen LogP contribution >= 0.6 is 0 Å². The molecule has 1 fully saturated rings. The number of amides is 1. The second-order valence-corrected chi connectivity index (χ2v) is 9.80. The molecule has 3 rings (SSSR count). The number of esters is 1. The fourth-order valence-corrected chi connectivity index (χ4v) is 3.40. The van der Waals surface area contributed by atoms with Gasteiger partial charge in [0.1, 0.15) is 11.9 Å². The van der Waals surface area contributed by atoms with Gasteiger partial charge in [-0.2, -0.15) is 0 Å². The monoisotopic (exact) mass is 389 g/mol. The SMILES string of the molecule is CC1(C)OCc2cc([C@H](CN3C(=O)CC3(C)C)OC(=O)C(C)(C)C)ccc2O1. The predicted molar refractivity (Wildman–Crippen MR) is 105 cm³/mol. The lowest BCUT2D eigenvalue weighted by molar-refractivity contribution is -0.180. The van der Waals surface area contributed by atoms with Gasteiger partial charge in [0.05, 0.1) is 18.6 Å². The number of ether oxygens (including phenoxy) is 3. The van der Waals surface area contributed by atoms with E-state index in [1.165, 1.54) is 0 Å². The number of likely N-dealkylation sites (tertiary alicyclic amines) is 1. The molecule has 6 nitrogen and oxygen atoms in total. The van der Waals surface area contributed by atoms with Gasteiger partial charge in [-0.15, -0.1) is 0 Å². The summed E-state index contributed by atoms with van der Waals surface area (Å²) in [5.74, 6) is -0.121. The Labute approximate surface area is 167 Å². The summed E-state index contributed by atoms with van der Waals surface area (Å²) in [6, 6.07) is 5.73. The van der Waals surface area contributed by atoms with E-state index in [9.17, 15) is 9.59 Å². The Hall–Kier alpha value is -2.08. The molecule has 2 aliphatic rings. The quantitative estimate of drug-likeness (QED) is 0.576. The third-order valence-electron chi connectivity index (χ3n) is 5.21. The third kappa shape index (κ3) is 4.17. The van der Waals surface area contributed by atoms with E-state index < -0.39 is 17.3 Å². The summed E-state index contributed by atoms with van der Waals surface area (Å²) in [4.78, 5) is 26.5. The van der Waals surface area contributed by atoms with E-state index in [4.69, 9.17) is 14.2 Å². The van der Waals surface area contributed by atoms with Gasteiger partial charge in [0.15, 0.2) is 0 Å². The van der Waals surface area contributed by atoms with Crippen LogP contribution in [0.3, 0.4) is 0 Å². The second kappa shape index (κ2) is 6.76. The molecule has 0 saturated carbocycles. The molecule has 0 bridgehead atoms. The van der Waals surface area contributed by atoms with Gasteiger partial charge in [-0.1, -0.05) is 6.07 Å². The maximum Gasteiger partial charge on any atom is 0.311 e. The van der Waals surface area contributed by atoms with E-state index >= 15 is 0 Å². The molecule has 1 atom stereocenters. The number of nitrogens with zero attached hydrogens (tertiary/aromatic N) is 1. The van der Waals surface area contributed by atoms with Crippen LogP contribution in [0.5, 0.6) is 5.75 Å². The molecule has 154 valence electrons. The normalized spacial score (nSPS) is 21.2. The van der Waals surface area contributed by atoms with Crippen molar-refractivity contribution in [3.8, 4) is 5.75 Å². The standard InChI is InChI=1S/C22H31NO5/c1-20(2,3)19(25)27-17(12-23-18(24)11-21(23,4)5)14-8-9-16-15(10-14)13-26-22(6,7)28-16/h8-10,17H,11-13H2,1-7H3/t17-/m0/s1. The van der Waals surface area contributed by atoms with Crippen LogP contribution in [0.15, 0.2) is 18.2 Å². The molecule has 1 aromatic rings. The summed E-state index contributed by atoms with van der Waals surface area (Å²) >= 11 is 0. The summed E-state index contributed by atoms with van der Waals surface area (Å²) in [6.07, 6.45) is -0.0380. The Kier molecular flexibility index (Phi) is 4.99. The number of hydrogen-bond acceptors (Lipinski definition) is 5. The summed E-state index contributed by atoms with van der Waals surface area (Å²) < 4.78 is 17.5. The lowest BCUT2D eigenvalue weighted by atomic mass is 9.87. The molecule has 0 unspecified atom stereocenters. The third-order valence-corrected chi connectivity index (χ3v) is 5.21. The van der Waals surface area contributed by atoms with Gasteiger partial charge >= 0.3 is 5.97 Å². The Balaban J connectivity index is 1.88. The molecule has 1 saturated heterocycles. The van der Waals surface area contributed by atoms with E-state index in [1.54, 1.807) is 4.90 Å². The highest BCUT2D eigenvalue weighted by Crippen LogP contribution is 2.37. The van der Waals surface area contributed by atoms with Crippen molar-refractivity contribution in [2.24, 2.45) is 5.41 Å². The molecule has 1 aromatic carbocycles. The fraction of sp³-hybridized carbons (Fsp3) is 0.636. The molecule has 0 radical (unpaired) electrons. The van der Waals surface area contributed by atoms with E-state index in [-0.39, 0.29) is 17.4 Å². The molecule has 0 aliphatic carbocycles. The average Bonchev–Trinajstić information content (AvgIpc) is 2.55. The van der Waals surface area contributed by atoms with Crippen LogP contribution in [-0.4, -0.2) is 34.6 Å². The fourth-order valence-electron chi connectivity index (χ4n) is 3.40. The molecule has 0 spiro atoms. The smallest absolute Gasteiger partial charge is 0.311 e. The molecule has 1 amide bonds. The maximum atomic E-state index is 12.6. The molecule has 2 aliphatic heterocycles. The number of hydrogen-bond donors (Lipinski definition) is 0. The maximum absolute atomic E-state index is 12.6. The molecular formula is C22H31NO5. The lowest BCUT2D eigenvalue weighted by Crippen LogP contribution is -2.61. The van der Waals surface area contributed by atoms with Crippen molar-refractivity contribution in [2.45, 2.75) is 78.9 Å². The minimum absolute atomic E-state index is 0.0770. The van der Waals surface area contributed by atoms with E-state index in [2.05, 4.69) is 0 Å². The van der Waals surface area contributed by atoms with Gasteiger partial charge in [0.25, 0.3) is 0 Å². The van der Waals surface area contributed by atoms with Crippen LogP contribution < -0.4 is 4.74 Å². The van der Waals surface area contributed by atoms with E-state index in [1.807, 2.05) is 66.7 Å². The van der Waals surface area contributed by atoms with Crippen LogP contribution in [0.2, 0.25) is 0 Å². The summed E-state index contributed by atoms with van der Waals surface area (Å²) in [5.41, 5.74) is 0.882. The number of β-lactam (4-membered cyclic amide) rings is 1. The van der Waals surface area contributed by atoms with Gasteiger partial charge in [-0.05, 0) is 52.3 Å². The summed E-state index contributed by atoms with van der Waals surface area (Å²) in [5, 5.41) is 0. The molecule has 0 N–H and O–H groups in total. The Morgan fingerprint density at radius 1 is 1.25 bits per heavy atom. The number of rotatable bonds is 4. The second-order valence-electron chi connectivity index (χ2n) is 9.80. The minimum Gasteiger partial charge on any atom is -0.463 e. The van der Waals surface area contributed by atoms with Crippen LogP contribution in [0.1, 0.15) is 72.1 Å². The van der Waals surface area contributed by atoms with Crippen molar-refractivity contribution in [2.75, 3.05) is 6.54 Å². The first-order valence-electron chi connectivity index (χ1n) is 9.76. The van der Waals surface area contributed by atoms with E-state index in [0.29, 0.717) is 19.6 Å². The highest BCUT2D eigenvalue weighted by molar-refractivity contribution is 5.84. The summed E-state index contributed by atoms with van der Waals surface area (Å²) in [6.45, 7) is 14.0. The zero-order valence-corrected chi connectivity index (χ0v) is 17.9. The van der Waals surface area contributed by atoms with Gasteiger partial charge in [-0.3, -0.25) is 9.59 Å². The van der Waals surface area contributed by atoms with Crippen molar-refractivity contribution in [1.82, 2.24) is 4.90 Å². The predicted octanol–water partition coefficient (Wildman–Crippen LogP) is 3.97. The van der Waals surface area contributed by atoms with Crippen molar-refractivity contribution < 1.29 is 23.8 Å². The van der Waals surface area contributed by atoms with Crippen molar-refractivity contribution in [3.05, 3.63) is 29.3 Å². The highest BCUT2D eigenvalue weighted by atomic mass is 16.7. The van der Waals surface area contributed by atoms with Crippen molar-refractivity contribution in [3.63, 3.8) is 0 Å². The molecule has 0 aromatic heterocycles. The zero-order chi connectivity index (χ0) is 20.9. The summed E-state index contributed by atoms with van der Waals surface area (Å²) in [7, 11) is 0. The van der Waals surface area contributed by atoms with Crippen LogP contribution in [-0.2, 0) is 25.7 Å². The van der Waals surface area contributed by atoms with Crippen molar-refractivity contribution in [1.29, 1.82) is 0 Å². The first-order valence-corrected chi connectivity index (χ1v) is 9.76. The van der Waals surface area contributed by atoms with Gasteiger partial charge in [-0.25, -0.2) is 0 Å². The molecule has 2 heterocycles. The van der Waals surface area contributed by atoms with Gasteiger partial charge in [0, 0.05) is 31.4 Å². The minimum atomic E-state index is -0.666. The molecule has 28 heavy (non-hydrogen) atoms. The number of fused-ring (bicyclic) bond motifs is 1. The first kappa shape index (κ1) is 20.6. The first-order chi connectivity index (χ1) is 12.8. The van der Waals surface area contributed by atoms with Crippen LogP contribution in [0, 0.1) is 5.41 Å².